The number of halogens is 2. The summed E-state index contributed by atoms with van der Waals surface area (Å²) in [6.07, 6.45) is 2.39. The molecule has 2 N–H and O–H groups in total. The zero-order chi connectivity index (χ0) is 22.2. The molecule has 0 radical (unpaired) electrons. The first kappa shape index (κ1) is 23.6. The highest BCUT2D eigenvalue weighted by Crippen LogP contribution is 2.30. The molecule has 0 fully saturated rings. The van der Waals surface area contributed by atoms with Crippen LogP contribution in [0.1, 0.15) is 26.2 Å². The van der Waals surface area contributed by atoms with Crippen molar-refractivity contribution in [1.29, 1.82) is 0 Å². The molecular formula is C22H21Cl2N3O2S2. The number of hydrogen-bond acceptors (Lipinski definition) is 5. The smallest absolute Gasteiger partial charge is 0.236 e. The molecule has 0 aliphatic rings. The minimum Gasteiger partial charge on any atom is -0.326 e. The number of benzene rings is 2. The maximum absolute atomic E-state index is 12.3. The molecule has 9 heteroatoms. The molecule has 0 atom stereocenters. The summed E-state index contributed by atoms with van der Waals surface area (Å²) in [5.41, 5.74) is 2.32. The van der Waals surface area contributed by atoms with Crippen molar-refractivity contribution in [3.05, 3.63) is 57.9 Å². The van der Waals surface area contributed by atoms with Gasteiger partial charge in [-0.15, -0.1) is 23.1 Å². The average molecular weight is 494 g/mol. The van der Waals surface area contributed by atoms with E-state index >= 15 is 0 Å². The lowest BCUT2D eigenvalue weighted by Gasteiger charge is -2.06. The number of amides is 2. The number of thioether (sulfide) groups is 1. The highest BCUT2D eigenvalue weighted by molar-refractivity contribution is 8.00. The van der Waals surface area contributed by atoms with Crippen molar-refractivity contribution in [3.63, 3.8) is 0 Å². The van der Waals surface area contributed by atoms with Crippen LogP contribution in [0.5, 0.6) is 0 Å². The van der Waals surface area contributed by atoms with Crippen molar-refractivity contribution in [2.24, 2.45) is 0 Å². The van der Waals surface area contributed by atoms with Gasteiger partial charge in [-0.2, -0.15) is 0 Å². The lowest BCUT2D eigenvalue weighted by atomic mass is 10.2. The summed E-state index contributed by atoms with van der Waals surface area (Å²) in [5.74, 6) is 0.131. The van der Waals surface area contributed by atoms with Crippen molar-refractivity contribution < 1.29 is 9.59 Å². The van der Waals surface area contributed by atoms with Gasteiger partial charge in [0.25, 0.3) is 0 Å². The first-order valence-electron chi connectivity index (χ1n) is 9.68. The van der Waals surface area contributed by atoms with Gasteiger partial charge in [0.05, 0.1) is 21.5 Å². The van der Waals surface area contributed by atoms with Gasteiger partial charge in [0.2, 0.25) is 11.8 Å². The second-order valence-corrected chi connectivity index (χ2v) is 9.40. The van der Waals surface area contributed by atoms with Gasteiger partial charge < -0.3 is 10.6 Å². The second-order valence-electron chi connectivity index (χ2n) is 6.68. The molecule has 3 aromatic rings. The second kappa shape index (κ2) is 11.5. The van der Waals surface area contributed by atoms with Crippen molar-refractivity contribution in [1.82, 2.24) is 4.98 Å². The van der Waals surface area contributed by atoms with E-state index in [1.54, 1.807) is 12.1 Å². The Labute approximate surface area is 199 Å². The molecule has 0 spiro atoms. The first-order chi connectivity index (χ1) is 14.9. The van der Waals surface area contributed by atoms with Gasteiger partial charge in [-0.05, 0) is 42.8 Å². The summed E-state index contributed by atoms with van der Waals surface area (Å²) >= 11 is 14.8. The SMILES string of the molecule is CCCCC(=O)Nc1ccc(SCC(=O)Nc2nc(-c3ccc(Cl)c(Cl)c3)cs2)cc1. The van der Waals surface area contributed by atoms with Crippen molar-refractivity contribution in [2.75, 3.05) is 16.4 Å². The van der Waals surface area contributed by atoms with Crippen LogP contribution in [0.15, 0.2) is 52.7 Å². The van der Waals surface area contributed by atoms with Crippen LogP contribution in [0.25, 0.3) is 11.3 Å². The maximum atomic E-state index is 12.3. The molecule has 1 aromatic heterocycles. The maximum Gasteiger partial charge on any atom is 0.236 e. The van der Waals surface area contributed by atoms with Crippen LogP contribution in [0, 0.1) is 0 Å². The Morgan fingerprint density at radius 1 is 1.03 bits per heavy atom. The molecule has 0 aliphatic carbocycles. The van der Waals surface area contributed by atoms with E-state index in [-0.39, 0.29) is 17.6 Å². The lowest BCUT2D eigenvalue weighted by molar-refractivity contribution is -0.116. The number of nitrogens with one attached hydrogen (secondary N) is 2. The van der Waals surface area contributed by atoms with Gasteiger partial charge in [-0.25, -0.2) is 4.98 Å². The van der Waals surface area contributed by atoms with Crippen molar-refractivity contribution in [2.45, 2.75) is 31.1 Å². The zero-order valence-electron chi connectivity index (χ0n) is 16.8. The molecule has 0 unspecified atom stereocenters. The van der Waals surface area contributed by atoms with Gasteiger partial charge in [0.1, 0.15) is 0 Å². The fraction of sp³-hybridized carbons (Fsp3) is 0.227. The van der Waals surface area contributed by atoms with Crippen LogP contribution in [0.2, 0.25) is 10.0 Å². The van der Waals surface area contributed by atoms with Crippen LogP contribution >= 0.6 is 46.3 Å². The first-order valence-corrected chi connectivity index (χ1v) is 12.3. The largest absolute Gasteiger partial charge is 0.326 e. The molecule has 0 bridgehead atoms. The number of carbonyl (C=O) groups excluding carboxylic acids is 2. The molecular weight excluding hydrogens is 473 g/mol. The van der Waals surface area contributed by atoms with E-state index in [1.165, 1.54) is 23.1 Å². The molecule has 0 saturated carbocycles. The highest BCUT2D eigenvalue weighted by atomic mass is 35.5. The lowest BCUT2D eigenvalue weighted by Crippen LogP contribution is -2.13. The molecule has 0 aliphatic heterocycles. The molecule has 31 heavy (non-hydrogen) atoms. The van der Waals surface area contributed by atoms with Gasteiger partial charge in [-0.3, -0.25) is 9.59 Å². The third-order valence-corrected chi connectivity index (χ3v) is 6.74. The van der Waals surface area contributed by atoms with Crippen molar-refractivity contribution >= 4 is 68.9 Å². The highest BCUT2D eigenvalue weighted by Gasteiger charge is 2.10. The fourth-order valence-electron chi connectivity index (χ4n) is 2.62. The molecule has 2 amide bonds. The molecule has 2 aromatic carbocycles. The summed E-state index contributed by atoms with van der Waals surface area (Å²) in [7, 11) is 0. The van der Waals surface area contributed by atoms with E-state index in [0.717, 1.165) is 34.7 Å². The Kier molecular flexibility index (Phi) is 8.78. The number of thiazole rings is 1. The number of nitrogens with zero attached hydrogens (tertiary/aromatic N) is 1. The summed E-state index contributed by atoms with van der Waals surface area (Å²) in [5, 5.41) is 9.02. The minimum atomic E-state index is -0.142. The topological polar surface area (TPSA) is 71.1 Å². The standard InChI is InChI=1S/C22H21Cl2N3O2S2/c1-2-3-4-20(28)25-15-6-8-16(9-7-15)30-13-21(29)27-22-26-19(12-31-22)14-5-10-17(23)18(24)11-14/h5-12H,2-4,13H2,1H3,(H,25,28)(H,26,27,29). The van der Waals surface area contributed by atoms with Gasteiger partial charge in [0, 0.05) is 27.9 Å². The van der Waals surface area contributed by atoms with E-state index in [9.17, 15) is 9.59 Å². The predicted molar refractivity (Wildman–Crippen MR) is 132 cm³/mol. The Morgan fingerprint density at radius 2 is 1.81 bits per heavy atom. The number of rotatable bonds is 9. The van der Waals surface area contributed by atoms with Crippen LogP contribution in [0.4, 0.5) is 10.8 Å². The third-order valence-electron chi connectivity index (χ3n) is 4.23. The third kappa shape index (κ3) is 7.25. The fourth-order valence-corrected chi connectivity index (χ4v) is 4.35. The number of unbranched alkanes of at least 4 members (excludes halogenated alkanes) is 1. The molecule has 5 nitrogen and oxygen atoms in total. The van der Waals surface area contributed by atoms with E-state index in [1.807, 2.05) is 35.7 Å². The number of hydrogen-bond donors (Lipinski definition) is 2. The number of carbonyl (C=O) groups is 2. The Balaban J connectivity index is 1.48. The molecule has 3 rings (SSSR count). The average Bonchev–Trinajstić information content (AvgIpc) is 3.22. The molecule has 162 valence electrons. The summed E-state index contributed by atoms with van der Waals surface area (Å²) < 4.78 is 0. The summed E-state index contributed by atoms with van der Waals surface area (Å²) in [6, 6.07) is 12.8. The van der Waals surface area contributed by atoms with Crippen LogP contribution < -0.4 is 10.6 Å². The monoisotopic (exact) mass is 493 g/mol. The minimum absolute atomic E-state index is 0.0188. The number of aromatic nitrogens is 1. The van der Waals surface area contributed by atoms with E-state index in [0.29, 0.717) is 21.6 Å². The quantitative estimate of drug-likeness (QED) is 0.315. The van der Waals surface area contributed by atoms with E-state index in [4.69, 9.17) is 23.2 Å². The Morgan fingerprint density at radius 3 is 2.52 bits per heavy atom. The van der Waals surface area contributed by atoms with Crippen LogP contribution in [-0.2, 0) is 9.59 Å². The van der Waals surface area contributed by atoms with E-state index < -0.39 is 0 Å². The van der Waals surface area contributed by atoms with Gasteiger partial charge in [-0.1, -0.05) is 42.6 Å². The summed E-state index contributed by atoms with van der Waals surface area (Å²) in [4.78, 5) is 29.4. The Bertz CT molecular complexity index is 1060. The predicted octanol–water partition coefficient (Wildman–Crippen LogP) is 6.98. The van der Waals surface area contributed by atoms with Crippen LogP contribution in [-0.4, -0.2) is 22.6 Å². The van der Waals surface area contributed by atoms with Crippen LogP contribution in [0.3, 0.4) is 0 Å². The normalized spacial score (nSPS) is 10.7. The number of anilines is 2. The van der Waals surface area contributed by atoms with Crippen molar-refractivity contribution in [3.8, 4) is 11.3 Å². The van der Waals surface area contributed by atoms with Gasteiger partial charge in [0.15, 0.2) is 5.13 Å². The van der Waals surface area contributed by atoms with E-state index in [2.05, 4.69) is 22.5 Å². The summed E-state index contributed by atoms with van der Waals surface area (Å²) in [6.45, 7) is 2.05. The zero-order valence-corrected chi connectivity index (χ0v) is 19.9. The Hall–Kier alpha value is -2.06. The molecule has 1 heterocycles. The van der Waals surface area contributed by atoms with Gasteiger partial charge >= 0.3 is 0 Å². The molecule has 0 saturated heterocycles.